The zero-order chi connectivity index (χ0) is 16.3. The van der Waals surface area contributed by atoms with Gasteiger partial charge in [-0.15, -0.1) is 0 Å². The third kappa shape index (κ3) is 3.62. The molecule has 0 saturated carbocycles. The van der Waals surface area contributed by atoms with E-state index in [-0.39, 0.29) is 17.5 Å². The lowest BCUT2D eigenvalue weighted by Gasteiger charge is -2.38. The Morgan fingerprint density at radius 3 is 2.77 bits per heavy atom. The van der Waals surface area contributed by atoms with Crippen molar-refractivity contribution in [2.24, 2.45) is 5.92 Å². The number of nitrogens with zero attached hydrogens (tertiary/aromatic N) is 2. The van der Waals surface area contributed by atoms with Gasteiger partial charge in [-0.25, -0.2) is 0 Å². The van der Waals surface area contributed by atoms with E-state index >= 15 is 0 Å². The second kappa shape index (κ2) is 6.87. The van der Waals surface area contributed by atoms with Gasteiger partial charge < -0.3 is 14.4 Å². The van der Waals surface area contributed by atoms with Crippen molar-refractivity contribution in [1.29, 1.82) is 0 Å². The fraction of sp³-hybridized carbons (Fsp3) is 0.571. The van der Waals surface area contributed by atoms with Gasteiger partial charge in [-0.2, -0.15) is 8.78 Å². The van der Waals surface area contributed by atoms with Gasteiger partial charge in [0.2, 0.25) is 0 Å². The number of nitro groups is 1. The van der Waals surface area contributed by atoms with Crippen LogP contribution in [-0.4, -0.2) is 37.8 Å². The van der Waals surface area contributed by atoms with Crippen molar-refractivity contribution >= 4 is 11.4 Å². The maximum Gasteiger partial charge on any atom is 0.387 e. The predicted molar refractivity (Wildman–Crippen MR) is 76.5 cm³/mol. The maximum atomic E-state index is 12.6. The van der Waals surface area contributed by atoms with Gasteiger partial charge in [0.05, 0.1) is 22.8 Å². The number of ether oxygens (including phenoxy) is 2. The summed E-state index contributed by atoms with van der Waals surface area (Å²) >= 11 is 0. The third-order valence-corrected chi connectivity index (χ3v) is 3.90. The minimum atomic E-state index is -3.04. The molecular formula is C14H18F2N2O4. The highest BCUT2D eigenvalue weighted by Gasteiger charge is 2.28. The molecule has 22 heavy (non-hydrogen) atoms. The quantitative estimate of drug-likeness (QED) is 0.617. The number of hydrogen-bond donors (Lipinski definition) is 0. The van der Waals surface area contributed by atoms with E-state index in [1.165, 1.54) is 12.1 Å². The molecular weight excluding hydrogens is 298 g/mol. The number of hydrogen-bond acceptors (Lipinski definition) is 5. The van der Waals surface area contributed by atoms with Crippen molar-refractivity contribution < 1.29 is 23.2 Å². The molecule has 0 N–H and O–H groups in total. The molecule has 0 aromatic heterocycles. The van der Waals surface area contributed by atoms with Crippen molar-refractivity contribution in [3.63, 3.8) is 0 Å². The zero-order valence-electron chi connectivity index (χ0n) is 12.4. The Bertz CT molecular complexity index is 542. The molecule has 0 bridgehead atoms. The topological polar surface area (TPSA) is 64.8 Å². The number of piperidine rings is 1. The summed E-state index contributed by atoms with van der Waals surface area (Å²) in [6.07, 6.45) is 0.812. The van der Waals surface area contributed by atoms with Crippen LogP contribution < -0.4 is 9.64 Å². The minimum absolute atomic E-state index is 0.0247. The van der Waals surface area contributed by atoms with Gasteiger partial charge in [0.1, 0.15) is 0 Å². The first-order valence-electron chi connectivity index (χ1n) is 6.93. The molecule has 0 radical (unpaired) electrons. The SMILES string of the molecule is COC1CN(c2ccc([N+](=O)[O-])cc2OC(F)F)CCC1C. The van der Waals surface area contributed by atoms with Crippen LogP contribution in [-0.2, 0) is 4.74 Å². The summed E-state index contributed by atoms with van der Waals surface area (Å²) in [5.41, 5.74) is 0.132. The van der Waals surface area contributed by atoms with Gasteiger partial charge >= 0.3 is 6.61 Å². The summed E-state index contributed by atoms with van der Waals surface area (Å²) in [6.45, 7) is 0.202. The number of non-ortho nitro benzene ring substituents is 1. The molecule has 122 valence electrons. The van der Waals surface area contributed by atoms with Crippen LogP contribution in [0.15, 0.2) is 18.2 Å². The highest BCUT2D eigenvalue weighted by molar-refractivity contribution is 5.62. The maximum absolute atomic E-state index is 12.6. The van der Waals surface area contributed by atoms with E-state index in [0.29, 0.717) is 24.7 Å². The smallest absolute Gasteiger partial charge is 0.387 e. The molecule has 1 aromatic rings. The summed E-state index contributed by atoms with van der Waals surface area (Å²) in [4.78, 5) is 12.0. The average molecular weight is 316 g/mol. The molecule has 2 rings (SSSR count). The van der Waals surface area contributed by atoms with Gasteiger partial charge in [0.25, 0.3) is 5.69 Å². The van der Waals surface area contributed by atoms with E-state index in [9.17, 15) is 18.9 Å². The van der Waals surface area contributed by atoms with Gasteiger partial charge in [-0.3, -0.25) is 10.1 Å². The number of rotatable bonds is 5. The molecule has 1 aliphatic heterocycles. The lowest BCUT2D eigenvalue weighted by atomic mass is 9.95. The normalized spacial score (nSPS) is 22.0. The van der Waals surface area contributed by atoms with Gasteiger partial charge in [0, 0.05) is 26.3 Å². The largest absolute Gasteiger partial charge is 0.432 e. The molecule has 6 nitrogen and oxygen atoms in total. The highest BCUT2D eigenvalue weighted by atomic mass is 19.3. The molecule has 1 aromatic carbocycles. The van der Waals surface area contributed by atoms with Crippen molar-refractivity contribution in [1.82, 2.24) is 0 Å². The second-order valence-corrected chi connectivity index (χ2v) is 5.27. The number of halogens is 2. The molecule has 0 spiro atoms. The monoisotopic (exact) mass is 316 g/mol. The first-order chi connectivity index (χ1) is 10.4. The van der Waals surface area contributed by atoms with Crippen LogP contribution in [0.25, 0.3) is 0 Å². The first-order valence-corrected chi connectivity index (χ1v) is 6.93. The molecule has 1 fully saturated rings. The van der Waals surface area contributed by atoms with Crippen molar-refractivity contribution in [3.8, 4) is 5.75 Å². The number of alkyl halides is 2. The Kier molecular flexibility index (Phi) is 5.12. The van der Waals surface area contributed by atoms with E-state index in [0.717, 1.165) is 12.5 Å². The predicted octanol–water partition coefficient (Wildman–Crippen LogP) is 3.06. The Morgan fingerprint density at radius 2 is 2.18 bits per heavy atom. The Labute approximate surface area is 126 Å². The van der Waals surface area contributed by atoms with Crippen molar-refractivity contribution in [3.05, 3.63) is 28.3 Å². The van der Waals surface area contributed by atoms with Gasteiger partial charge in [-0.05, 0) is 18.4 Å². The van der Waals surface area contributed by atoms with Crippen LogP contribution in [0, 0.1) is 16.0 Å². The second-order valence-electron chi connectivity index (χ2n) is 5.27. The van der Waals surface area contributed by atoms with E-state index in [4.69, 9.17) is 4.74 Å². The first kappa shape index (κ1) is 16.4. The number of methoxy groups -OCH3 is 1. The summed E-state index contributed by atoms with van der Waals surface area (Å²) in [5, 5.41) is 10.8. The molecule has 8 heteroatoms. The fourth-order valence-corrected chi connectivity index (χ4v) is 2.63. The zero-order valence-corrected chi connectivity index (χ0v) is 12.4. The Morgan fingerprint density at radius 1 is 1.45 bits per heavy atom. The summed E-state index contributed by atoms with van der Waals surface area (Å²) < 4.78 is 35.0. The van der Waals surface area contributed by atoms with Gasteiger partial charge in [-0.1, -0.05) is 6.92 Å². The lowest BCUT2D eigenvalue weighted by Crippen LogP contribution is -2.44. The minimum Gasteiger partial charge on any atom is -0.432 e. The van der Waals surface area contributed by atoms with E-state index in [1.807, 2.05) is 4.90 Å². The molecule has 2 unspecified atom stereocenters. The molecule has 1 aliphatic rings. The van der Waals surface area contributed by atoms with Crippen LogP contribution in [0.4, 0.5) is 20.2 Å². The standard InChI is InChI=1S/C14H18F2N2O4/c1-9-5-6-17(8-13(9)21-2)11-4-3-10(18(19)20)7-12(11)22-14(15)16/h3-4,7,9,13-14H,5-6,8H2,1-2H3. The number of anilines is 1. The lowest BCUT2D eigenvalue weighted by molar-refractivity contribution is -0.385. The number of benzene rings is 1. The van der Waals surface area contributed by atoms with Crippen molar-refractivity contribution in [2.45, 2.75) is 26.1 Å². The van der Waals surface area contributed by atoms with Crippen molar-refractivity contribution in [2.75, 3.05) is 25.1 Å². The van der Waals surface area contributed by atoms with E-state index in [1.54, 1.807) is 7.11 Å². The summed E-state index contributed by atoms with van der Waals surface area (Å²) in [7, 11) is 1.61. The number of nitro benzene ring substituents is 1. The van der Waals surface area contributed by atoms with Crippen LogP contribution in [0.5, 0.6) is 5.75 Å². The molecule has 1 saturated heterocycles. The fourth-order valence-electron chi connectivity index (χ4n) is 2.63. The Balaban J connectivity index is 2.30. The molecule has 0 amide bonds. The van der Waals surface area contributed by atoms with E-state index in [2.05, 4.69) is 11.7 Å². The molecule has 1 heterocycles. The summed E-state index contributed by atoms with van der Waals surface area (Å²) in [6, 6.07) is 3.76. The molecule has 2 atom stereocenters. The van der Waals surface area contributed by atoms with E-state index < -0.39 is 11.5 Å². The average Bonchev–Trinajstić information content (AvgIpc) is 2.47. The van der Waals surface area contributed by atoms with Crippen LogP contribution >= 0.6 is 0 Å². The Hall–Kier alpha value is -1.96. The highest BCUT2D eigenvalue weighted by Crippen LogP contribution is 2.36. The van der Waals surface area contributed by atoms with Gasteiger partial charge in [0.15, 0.2) is 5.75 Å². The van der Waals surface area contributed by atoms with Crippen LogP contribution in [0.1, 0.15) is 13.3 Å². The molecule has 0 aliphatic carbocycles. The third-order valence-electron chi connectivity index (χ3n) is 3.90. The van der Waals surface area contributed by atoms with Crippen LogP contribution in [0.3, 0.4) is 0 Å². The van der Waals surface area contributed by atoms with Crippen LogP contribution in [0.2, 0.25) is 0 Å². The summed E-state index contributed by atoms with van der Waals surface area (Å²) in [5.74, 6) is 0.173.